The molecule has 0 saturated carbocycles. The maximum absolute atomic E-state index is 11.4. The van der Waals surface area contributed by atoms with Gasteiger partial charge < -0.3 is 15.2 Å². The van der Waals surface area contributed by atoms with Gasteiger partial charge in [-0.15, -0.1) is 0 Å². The second-order valence-corrected chi connectivity index (χ2v) is 8.36. The van der Waals surface area contributed by atoms with E-state index in [1.807, 2.05) is 26.8 Å². The van der Waals surface area contributed by atoms with Crippen LogP contribution in [-0.4, -0.2) is 50.3 Å². The first-order valence-corrected chi connectivity index (χ1v) is 9.42. The number of nitrogens with one attached hydrogen (secondary N) is 1. The zero-order valence-electron chi connectivity index (χ0n) is 13.4. The first-order chi connectivity index (χ1) is 10.3. The molecule has 1 aromatic carbocycles. The Morgan fingerprint density at radius 3 is 2.64 bits per heavy atom. The van der Waals surface area contributed by atoms with Gasteiger partial charge in [-0.3, -0.25) is 0 Å². The topological polar surface area (TPSA) is 75.6 Å². The van der Waals surface area contributed by atoms with Gasteiger partial charge in [0.2, 0.25) is 0 Å². The van der Waals surface area contributed by atoms with Crippen LogP contribution in [0.15, 0.2) is 12.1 Å². The van der Waals surface area contributed by atoms with E-state index >= 15 is 0 Å². The summed E-state index contributed by atoms with van der Waals surface area (Å²) in [6.45, 7) is 6.54. The molecular weight excluding hydrogens is 302 g/mol. The smallest absolute Gasteiger partial charge is 0.151 e. The Labute approximate surface area is 132 Å². The molecule has 124 valence electrons. The van der Waals surface area contributed by atoms with Gasteiger partial charge in [-0.25, -0.2) is 8.42 Å². The van der Waals surface area contributed by atoms with Crippen molar-refractivity contribution in [2.45, 2.75) is 39.3 Å². The van der Waals surface area contributed by atoms with E-state index in [-0.39, 0.29) is 24.2 Å². The standard InChI is InChI=1S/C16H25NO4S/c1-11-4-5-12(2)16(13(11)3)21-9-15(18)8-17-14-6-7-22(19,20)10-14/h4-5,14-15,17-18H,6-10H2,1-3H3. The average molecular weight is 327 g/mol. The van der Waals surface area contributed by atoms with E-state index in [1.165, 1.54) is 0 Å². The van der Waals surface area contributed by atoms with E-state index < -0.39 is 15.9 Å². The van der Waals surface area contributed by atoms with Crippen molar-refractivity contribution in [3.63, 3.8) is 0 Å². The molecule has 0 radical (unpaired) electrons. The number of ether oxygens (including phenoxy) is 1. The van der Waals surface area contributed by atoms with Gasteiger partial charge in [0.25, 0.3) is 0 Å². The Morgan fingerprint density at radius 2 is 2.00 bits per heavy atom. The van der Waals surface area contributed by atoms with Crippen molar-refractivity contribution in [2.75, 3.05) is 24.7 Å². The van der Waals surface area contributed by atoms with Gasteiger partial charge in [0.1, 0.15) is 18.5 Å². The van der Waals surface area contributed by atoms with Crippen LogP contribution in [0.1, 0.15) is 23.1 Å². The van der Waals surface area contributed by atoms with E-state index in [2.05, 4.69) is 11.4 Å². The average Bonchev–Trinajstić information content (AvgIpc) is 2.80. The Bertz CT molecular complexity index is 627. The van der Waals surface area contributed by atoms with Crippen molar-refractivity contribution >= 4 is 9.84 Å². The Morgan fingerprint density at radius 1 is 1.32 bits per heavy atom. The first kappa shape index (κ1) is 17.2. The summed E-state index contributed by atoms with van der Waals surface area (Å²) in [7, 11) is -2.89. The minimum absolute atomic E-state index is 0.0536. The molecule has 0 bridgehead atoms. The molecule has 1 aliphatic rings. The van der Waals surface area contributed by atoms with Crippen molar-refractivity contribution in [1.29, 1.82) is 0 Å². The molecule has 2 unspecified atom stereocenters. The van der Waals surface area contributed by atoms with Crippen LogP contribution in [0.5, 0.6) is 5.75 Å². The molecule has 0 aromatic heterocycles. The number of rotatable bonds is 6. The number of sulfone groups is 1. The van der Waals surface area contributed by atoms with E-state index in [4.69, 9.17) is 4.74 Å². The highest BCUT2D eigenvalue weighted by molar-refractivity contribution is 7.91. The Hall–Kier alpha value is -1.11. The summed E-state index contributed by atoms with van der Waals surface area (Å²) in [6.07, 6.45) is -0.0472. The van der Waals surface area contributed by atoms with Crippen LogP contribution in [0.3, 0.4) is 0 Å². The molecule has 1 fully saturated rings. The lowest BCUT2D eigenvalue weighted by molar-refractivity contribution is 0.103. The minimum Gasteiger partial charge on any atom is -0.490 e. The summed E-state index contributed by atoms with van der Waals surface area (Å²) in [5.41, 5.74) is 3.29. The molecular formula is C16H25NO4S. The lowest BCUT2D eigenvalue weighted by Crippen LogP contribution is -2.38. The summed E-state index contributed by atoms with van der Waals surface area (Å²) < 4.78 is 28.5. The van der Waals surface area contributed by atoms with Crippen molar-refractivity contribution in [3.05, 3.63) is 28.8 Å². The monoisotopic (exact) mass is 327 g/mol. The Kier molecular flexibility index (Phi) is 5.47. The minimum atomic E-state index is -2.89. The number of benzene rings is 1. The van der Waals surface area contributed by atoms with Crippen LogP contribution in [0.25, 0.3) is 0 Å². The highest BCUT2D eigenvalue weighted by Gasteiger charge is 2.27. The zero-order chi connectivity index (χ0) is 16.3. The molecule has 5 nitrogen and oxygen atoms in total. The second kappa shape index (κ2) is 6.98. The lowest BCUT2D eigenvalue weighted by atomic mass is 10.1. The highest BCUT2D eigenvalue weighted by atomic mass is 32.2. The van der Waals surface area contributed by atoms with E-state index in [0.717, 1.165) is 22.4 Å². The summed E-state index contributed by atoms with van der Waals surface area (Å²) in [5.74, 6) is 1.22. The van der Waals surface area contributed by atoms with Crippen molar-refractivity contribution < 1.29 is 18.3 Å². The van der Waals surface area contributed by atoms with Gasteiger partial charge in [-0.05, 0) is 43.9 Å². The summed E-state index contributed by atoms with van der Waals surface area (Å²) in [5, 5.41) is 13.1. The highest BCUT2D eigenvalue weighted by Crippen LogP contribution is 2.25. The van der Waals surface area contributed by atoms with Crippen LogP contribution in [0.4, 0.5) is 0 Å². The SMILES string of the molecule is Cc1ccc(C)c(OCC(O)CNC2CCS(=O)(=O)C2)c1C. The number of hydrogen-bond donors (Lipinski definition) is 2. The fourth-order valence-corrected chi connectivity index (χ4v) is 4.35. The van der Waals surface area contributed by atoms with Gasteiger partial charge in [-0.2, -0.15) is 0 Å². The molecule has 2 N–H and O–H groups in total. The molecule has 1 heterocycles. The maximum Gasteiger partial charge on any atom is 0.151 e. The normalized spacial score (nSPS) is 21.7. The molecule has 1 aromatic rings. The van der Waals surface area contributed by atoms with Crippen LogP contribution in [0.2, 0.25) is 0 Å². The van der Waals surface area contributed by atoms with Gasteiger partial charge >= 0.3 is 0 Å². The molecule has 2 rings (SSSR count). The van der Waals surface area contributed by atoms with Crippen molar-refractivity contribution in [2.24, 2.45) is 0 Å². The Balaban J connectivity index is 1.81. The molecule has 22 heavy (non-hydrogen) atoms. The van der Waals surface area contributed by atoms with Crippen LogP contribution in [-0.2, 0) is 9.84 Å². The third-order valence-corrected chi connectivity index (χ3v) is 5.94. The zero-order valence-corrected chi connectivity index (χ0v) is 14.2. The summed E-state index contributed by atoms with van der Waals surface area (Å²) >= 11 is 0. The van der Waals surface area contributed by atoms with E-state index in [0.29, 0.717) is 13.0 Å². The van der Waals surface area contributed by atoms with E-state index in [1.54, 1.807) is 0 Å². The molecule has 1 aliphatic heterocycles. The largest absolute Gasteiger partial charge is 0.490 e. The molecule has 2 atom stereocenters. The van der Waals surface area contributed by atoms with Crippen molar-refractivity contribution in [1.82, 2.24) is 5.32 Å². The maximum atomic E-state index is 11.4. The second-order valence-electron chi connectivity index (χ2n) is 6.13. The van der Waals surface area contributed by atoms with Gasteiger partial charge in [0.15, 0.2) is 9.84 Å². The predicted molar refractivity (Wildman–Crippen MR) is 87.2 cm³/mol. The summed E-state index contributed by atoms with van der Waals surface area (Å²) in [4.78, 5) is 0. The van der Waals surface area contributed by atoms with Crippen LogP contribution in [0, 0.1) is 20.8 Å². The third kappa shape index (κ3) is 4.44. The number of aryl methyl sites for hydroxylation is 2. The number of hydrogen-bond acceptors (Lipinski definition) is 5. The van der Waals surface area contributed by atoms with Crippen LogP contribution >= 0.6 is 0 Å². The van der Waals surface area contributed by atoms with Gasteiger partial charge in [-0.1, -0.05) is 12.1 Å². The van der Waals surface area contributed by atoms with Crippen LogP contribution < -0.4 is 10.1 Å². The number of aliphatic hydroxyl groups excluding tert-OH is 1. The molecule has 0 aliphatic carbocycles. The molecule has 1 saturated heterocycles. The number of aliphatic hydroxyl groups is 1. The quantitative estimate of drug-likeness (QED) is 0.819. The predicted octanol–water partition coefficient (Wildman–Crippen LogP) is 1.13. The molecule has 0 amide bonds. The molecule has 0 spiro atoms. The first-order valence-electron chi connectivity index (χ1n) is 7.60. The van der Waals surface area contributed by atoms with E-state index in [9.17, 15) is 13.5 Å². The van der Waals surface area contributed by atoms with Gasteiger partial charge in [0, 0.05) is 12.6 Å². The fourth-order valence-electron chi connectivity index (χ4n) is 2.64. The lowest BCUT2D eigenvalue weighted by Gasteiger charge is -2.18. The fraction of sp³-hybridized carbons (Fsp3) is 0.625. The summed E-state index contributed by atoms with van der Waals surface area (Å²) in [6, 6.07) is 4.00. The third-order valence-electron chi connectivity index (χ3n) is 4.17. The van der Waals surface area contributed by atoms with Gasteiger partial charge in [0.05, 0.1) is 11.5 Å². The molecule has 6 heteroatoms. The van der Waals surface area contributed by atoms with Crippen molar-refractivity contribution in [3.8, 4) is 5.75 Å².